The second-order valence-electron chi connectivity index (χ2n) is 9.54. The zero-order valence-electron chi connectivity index (χ0n) is 19.2. The lowest BCUT2D eigenvalue weighted by Gasteiger charge is -2.38. The number of oxime groups is 1. The molecule has 2 heterocycles. The minimum absolute atomic E-state index is 0.0345. The summed E-state index contributed by atoms with van der Waals surface area (Å²) in [6.45, 7) is 1.67. The van der Waals surface area contributed by atoms with Gasteiger partial charge in [-0.05, 0) is 53.6 Å². The van der Waals surface area contributed by atoms with Gasteiger partial charge in [0, 0.05) is 33.2 Å². The van der Waals surface area contributed by atoms with Crippen LogP contribution in [0.5, 0.6) is 0 Å². The Labute approximate surface area is 226 Å². The van der Waals surface area contributed by atoms with Crippen molar-refractivity contribution in [2.24, 2.45) is 5.16 Å². The van der Waals surface area contributed by atoms with Crippen molar-refractivity contribution >= 4 is 67.0 Å². The SMILES string of the molecule is CC1(NC(=O)c2ccc(C3=NOC(c4cc(Cl)cc(Cl)c4)(C(F)(F)Cl)C3)c3ccccc23)CS(=O)(=O)C1. The molecule has 6 nitrogen and oxygen atoms in total. The van der Waals surface area contributed by atoms with Gasteiger partial charge in [-0.1, -0.05) is 58.7 Å². The fourth-order valence-electron chi connectivity index (χ4n) is 4.93. The van der Waals surface area contributed by atoms with Crippen LogP contribution in [0.3, 0.4) is 0 Å². The molecular formula is C25H19Cl3F2N2O4S. The highest BCUT2D eigenvalue weighted by Gasteiger charge is 2.60. The van der Waals surface area contributed by atoms with Crippen LogP contribution in [0.2, 0.25) is 10.0 Å². The van der Waals surface area contributed by atoms with E-state index in [0.29, 0.717) is 21.9 Å². The van der Waals surface area contributed by atoms with Crippen LogP contribution in [-0.2, 0) is 20.3 Å². The first kappa shape index (κ1) is 26.2. The Balaban J connectivity index is 1.52. The summed E-state index contributed by atoms with van der Waals surface area (Å²) in [6.07, 6.45) is -0.397. The molecule has 1 N–H and O–H groups in total. The van der Waals surface area contributed by atoms with Gasteiger partial charge >= 0.3 is 5.38 Å². The molecule has 1 amide bonds. The van der Waals surface area contributed by atoms with Crippen molar-refractivity contribution in [3.63, 3.8) is 0 Å². The lowest BCUT2D eigenvalue weighted by Crippen LogP contribution is -2.63. The molecule has 1 fully saturated rings. The van der Waals surface area contributed by atoms with E-state index < -0.39 is 38.7 Å². The number of halogens is 5. The number of hydrogen-bond acceptors (Lipinski definition) is 5. The fraction of sp³-hybridized carbons (Fsp3) is 0.280. The van der Waals surface area contributed by atoms with Crippen LogP contribution in [0.15, 0.2) is 59.8 Å². The van der Waals surface area contributed by atoms with Gasteiger partial charge in [0.05, 0.1) is 22.8 Å². The topological polar surface area (TPSA) is 84.8 Å². The third-order valence-corrected chi connectivity index (χ3v) is 9.38. The van der Waals surface area contributed by atoms with E-state index in [2.05, 4.69) is 10.5 Å². The monoisotopic (exact) mass is 586 g/mol. The highest BCUT2D eigenvalue weighted by atomic mass is 35.5. The highest BCUT2D eigenvalue weighted by molar-refractivity contribution is 7.93. The number of amides is 1. The van der Waals surface area contributed by atoms with Gasteiger partial charge in [-0.15, -0.1) is 0 Å². The summed E-state index contributed by atoms with van der Waals surface area (Å²) in [6, 6.07) is 14.1. The normalized spacial score (nSPS) is 22.2. The van der Waals surface area contributed by atoms with Gasteiger partial charge in [-0.2, -0.15) is 8.78 Å². The molecule has 0 saturated carbocycles. The van der Waals surface area contributed by atoms with Crippen LogP contribution in [-0.4, -0.2) is 42.5 Å². The molecule has 3 aromatic rings. The lowest BCUT2D eigenvalue weighted by molar-refractivity contribution is -0.155. The quantitative estimate of drug-likeness (QED) is 0.376. The van der Waals surface area contributed by atoms with Crippen LogP contribution in [0.25, 0.3) is 10.8 Å². The van der Waals surface area contributed by atoms with Crippen LogP contribution in [0.1, 0.15) is 34.8 Å². The van der Waals surface area contributed by atoms with Crippen LogP contribution < -0.4 is 5.32 Å². The predicted octanol–water partition coefficient (Wildman–Crippen LogP) is 5.92. The minimum atomic E-state index is -3.87. The van der Waals surface area contributed by atoms with E-state index in [1.807, 2.05) is 0 Å². The van der Waals surface area contributed by atoms with Gasteiger partial charge < -0.3 is 10.2 Å². The molecule has 3 aromatic carbocycles. The number of sulfone groups is 1. The molecular weight excluding hydrogens is 569 g/mol. The number of carbonyl (C=O) groups excluding carboxylic acids is 1. The molecule has 0 aliphatic carbocycles. The third kappa shape index (κ3) is 4.67. The number of rotatable bonds is 5. The largest absolute Gasteiger partial charge is 0.376 e. The van der Waals surface area contributed by atoms with E-state index in [4.69, 9.17) is 39.6 Å². The van der Waals surface area contributed by atoms with Gasteiger partial charge in [0.25, 0.3) is 5.91 Å². The van der Waals surface area contributed by atoms with Crippen molar-refractivity contribution in [2.45, 2.75) is 29.9 Å². The van der Waals surface area contributed by atoms with E-state index in [1.165, 1.54) is 18.2 Å². The van der Waals surface area contributed by atoms with Crippen molar-refractivity contribution in [1.29, 1.82) is 0 Å². The predicted molar refractivity (Wildman–Crippen MR) is 140 cm³/mol. The molecule has 0 radical (unpaired) electrons. The second kappa shape index (κ2) is 8.80. The lowest BCUT2D eigenvalue weighted by atomic mass is 9.85. The summed E-state index contributed by atoms with van der Waals surface area (Å²) < 4.78 is 52.9. The van der Waals surface area contributed by atoms with Gasteiger partial charge in [-0.25, -0.2) is 8.42 Å². The number of nitrogens with zero attached hydrogens (tertiary/aromatic N) is 1. The maximum absolute atomic E-state index is 14.8. The summed E-state index contributed by atoms with van der Waals surface area (Å²) in [7, 11) is -3.16. The van der Waals surface area contributed by atoms with Crippen LogP contribution in [0.4, 0.5) is 8.78 Å². The molecule has 0 aromatic heterocycles. The zero-order chi connectivity index (χ0) is 26.8. The Kier molecular flexibility index (Phi) is 6.22. The standard InChI is InChI=1S/C25H19Cl3F2N2O4S/c1-23(12-37(34,35)13-23)31-22(33)20-7-6-19(17-4-2-3-5-18(17)20)21-11-24(36-32-21,25(28,29)30)14-8-15(26)10-16(27)9-14/h2-10H,11-13H2,1H3,(H,31,33). The van der Waals surface area contributed by atoms with Crippen LogP contribution in [0, 0.1) is 0 Å². The number of alkyl halides is 3. The fourth-order valence-corrected chi connectivity index (χ4v) is 7.66. The molecule has 194 valence electrons. The van der Waals surface area contributed by atoms with Crippen molar-refractivity contribution in [3.8, 4) is 0 Å². The summed E-state index contributed by atoms with van der Waals surface area (Å²) in [5, 5.41) is 4.28. The summed E-state index contributed by atoms with van der Waals surface area (Å²) >= 11 is 17.7. The molecule has 1 atom stereocenters. The molecule has 1 saturated heterocycles. The minimum Gasteiger partial charge on any atom is -0.376 e. The molecule has 37 heavy (non-hydrogen) atoms. The first-order valence-corrected chi connectivity index (χ1v) is 14.0. The van der Waals surface area contributed by atoms with E-state index in [9.17, 15) is 22.0 Å². The number of fused-ring (bicyclic) bond motifs is 1. The van der Waals surface area contributed by atoms with E-state index >= 15 is 0 Å². The van der Waals surface area contributed by atoms with E-state index in [0.717, 1.165) is 0 Å². The van der Waals surface area contributed by atoms with Crippen LogP contribution >= 0.6 is 34.8 Å². The molecule has 1 unspecified atom stereocenters. The average molecular weight is 588 g/mol. The van der Waals surface area contributed by atoms with Crippen molar-refractivity contribution in [1.82, 2.24) is 5.32 Å². The summed E-state index contributed by atoms with van der Waals surface area (Å²) in [5.74, 6) is -0.726. The molecule has 2 aliphatic heterocycles. The van der Waals surface area contributed by atoms with Gasteiger partial charge in [0.15, 0.2) is 9.84 Å². The third-order valence-electron chi connectivity index (χ3n) is 6.49. The van der Waals surface area contributed by atoms with Crippen molar-refractivity contribution in [3.05, 3.63) is 81.3 Å². The zero-order valence-corrected chi connectivity index (χ0v) is 22.3. The van der Waals surface area contributed by atoms with E-state index in [1.54, 1.807) is 43.3 Å². The highest BCUT2D eigenvalue weighted by Crippen LogP contribution is 2.51. The Bertz CT molecular complexity index is 1560. The average Bonchev–Trinajstić information content (AvgIpc) is 3.23. The number of benzene rings is 3. The molecule has 5 rings (SSSR count). The number of nitrogens with one attached hydrogen (secondary N) is 1. The summed E-state index contributed by atoms with van der Waals surface area (Å²) in [5.41, 5.74) is -2.28. The number of carbonyl (C=O) groups is 1. The molecule has 0 spiro atoms. The first-order chi connectivity index (χ1) is 17.2. The van der Waals surface area contributed by atoms with Gasteiger partial charge in [0.1, 0.15) is 0 Å². The number of hydrogen-bond donors (Lipinski definition) is 1. The first-order valence-electron chi connectivity index (χ1n) is 11.1. The molecule has 0 bridgehead atoms. The Morgan fingerprint density at radius 2 is 1.68 bits per heavy atom. The maximum atomic E-state index is 14.8. The van der Waals surface area contributed by atoms with E-state index in [-0.39, 0.29) is 32.8 Å². The smallest absolute Gasteiger partial charge is 0.367 e. The Hall–Kier alpha value is -2.46. The second-order valence-corrected chi connectivity index (χ2v) is 13.0. The van der Waals surface area contributed by atoms with Crippen molar-refractivity contribution < 1.29 is 26.8 Å². The van der Waals surface area contributed by atoms with Crippen molar-refractivity contribution in [2.75, 3.05) is 11.5 Å². The maximum Gasteiger partial charge on any atom is 0.367 e. The molecule has 12 heteroatoms. The van der Waals surface area contributed by atoms with Gasteiger partial charge in [0.2, 0.25) is 5.60 Å². The molecule has 2 aliphatic rings. The van der Waals surface area contributed by atoms with Gasteiger partial charge in [-0.3, -0.25) is 4.79 Å². The Morgan fingerprint density at radius 3 is 2.27 bits per heavy atom. The summed E-state index contributed by atoms with van der Waals surface area (Å²) in [4.78, 5) is 18.4. The Morgan fingerprint density at radius 1 is 1.05 bits per heavy atom.